The lowest BCUT2D eigenvalue weighted by Gasteiger charge is -2.09. The van der Waals surface area contributed by atoms with Crippen LogP contribution in [-0.2, 0) is 14.3 Å². The number of rotatable bonds is 3. The average Bonchev–Trinajstić information content (AvgIpc) is 1.87. The molecule has 6 N–H and O–H groups in total. The maximum absolute atomic E-state index is 10.4. The molecular weight excluding hydrogens is 152 g/mol. The van der Waals surface area contributed by atoms with E-state index < -0.39 is 18.1 Å². The first-order chi connectivity index (χ1) is 4.59. The third-order valence-electron chi connectivity index (χ3n) is 0.956. The van der Waals surface area contributed by atoms with Crippen molar-refractivity contribution in [2.75, 3.05) is 0 Å². The third kappa shape index (κ3) is 4.43. The van der Waals surface area contributed by atoms with Gasteiger partial charge in [0, 0.05) is 0 Å². The molecule has 0 amide bonds. The van der Waals surface area contributed by atoms with E-state index in [1.807, 2.05) is 0 Å². The maximum Gasteiger partial charge on any atom is 0.333 e. The number of ether oxygens (including phenoxy) is 1. The molecule has 0 bridgehead atoms. The number of hydrogen-bond donors (Lipinski definition) is 3. The smallest absolute Gasteiger partial charge is 0.333 e. The van der Waals surface area contributed by atoms with Gasteiger partial charge in [-0.05, 0) is 6.92 Å². The van der Waals surface area contributed by atoms with Crippen LogP contribution in [0.3, 0.4) is 0 Å². The van der Waals surface area contributed by atoms with Gasteiger partial charge in [0.1, 0.15) is 6.04 Å². The van der Waals surface area contributed by atoms with Gasteiger partial charge in [0.05, 0.1) is 6.10 Å². The monoisotopic (exact) mass is 164 g/mol. The van der Waals surface area contributed by atoms with E-state index in [0.29, 0.717) is 0 Å². The van der Waals surface area contributed by atoms with Crippen molar-refractivity contribution >= 4 is 12.4 Å². The van der Waals surface area contributed by atoms with Crippen molar-refractivity contribution in [3.63, 3.8) is 0 Å². The molecule has 0 saturated heterocycles. The Balaban J connectivity index is 0. The van der Waals surface area contributed by atoms with Crippen molar-refractivity contribution < 1.29 is 19.4 Å². The SMILES string of the molecule is C[C@@H](O)[C@H](N)C(=O)OC=O.N. The van der Waals surface area contributed by atoms with Gasteiger partial charge in [-0.2, -0.15) is 0 Å². The van der Waals surface area contributed by atoms with E-state index in [-0.39, 0.29) is 12.6 Å². The van der Waals surface area contributed by atoms with Crippen LogP contribution in [-0.4, -0.2) is 29.7 Å². The average molecular weight is 164 g/mol. The van der Waals surface area contributed by atoms with Crippen molar-refractivity contribution in [3.05, 3.63) is 0 Å². The zero-order valence-electron chi connectivity index (χ0n) is 6.19. The normalized spacial score (nSPS) is 14.1. The Morgan fingerprint density at radius 2 is 2.18 bits per heavy atom. The largest absolute Gasteiger partial charge is 0.394 e. The molecule has 0 unspecified atom stereocenters. The van der Waals surface area contributed by atoms with Crippen molar-refractivity contribution in [1.82, 2.24) is 6.15 Å². The fraction of sp³-hybridized carbons (Fsp3) is 0.600. The molecule has 0 saturated carbocycles. The number of esters is 1. The Hall–Kier alpha value is -0.980. The van der Waals surface area contributed by atoms with Gasteiger partial charge >= 0.3 is 12.4 Å². The second-order valence-electron chi connectivity index (χ2n) is 1.80. The van der Waals surface area contributed by atoms with Gasteiger partial charge in [0.2, 0.25) is 0 Å². The Labute approximate surface area is 63.9 Å². The quantitative estimate of drug-likeness (QED) is 0.266. The molecular formula is C5H12N2O4. The van der Waals surface area contributed by atoms with Crippen LogP contribution in [0.1, 0.15) is 6.92 Å². The highest BCUT2D eigenvalue weighted by Crippen LogP contribution is 1.90. The minimum absolute atomic E-state index is 0. The summed E-state index contributed by atoms with van der Waals surface area (Å²) in [4.78, 5) is 20.0. The molecule has 0 heterocycles. The predicted octanol–water partition coefficient (Wildman–Crippen LogP) is -1.44. The lowest BCUT2D eigenvalue weighted by molar-refractivity contribution is -0.154. The second-order valence-corrected chi connectivity index (χ2v) is 1.80. The lowest BCUT2D eigenvalue weighted by Crippen LogP contribution is -2.41. The van der Waals surface area contributed by atoms with Crippen molar-refractivity contribution in [2.24, 2.45) is 5.73 Å². The molecule has 6 heteroatoms. The summed E-state index contributed by atoms with van der Waals surface area (Å²) in [5.41, 5.74) is 5.06. The summed E-state index contributed by atoms with van der Waals surface area (Å²) < 4.78 is 3.86. The molecule has 0 aromatic rings. The zero-order valence-corrected chi connectivity index (χ0v) is 6.19. The van der Waals surface area contributed by atoms with Crippen LogP contribution in [0.25, 0.3) is 0 Å². The van der Waals surface area contributed by atoms with Gasteiger partial charge in [0.25, 0.3) is 0 Å². The third-order valence-corrected chi connectivity index (χ3v) is 0.956. The highest BCUT2D eigenvalue weighted by molar-refractivity contribution is 5.81. The Bertz CT molecular complexity index is 136. The fourth-order valence-corrected chi connectivity index (χ4v) is 0.323. The van der Waals surface area contributed by atoms with Crippen molar-refractivity contribution in [3.8, 4) is 0 Å². The molecule has 0 aliphatic heterocycles. The molecule has 0 fully saturated rings. The van der Waals surface area contributed by atoms with Crippen LogP contribution < -0.4 is 11.9 Å². The van der Waals surface area contributed by atoms with Gasteiger partial charge in [-0.15, -0.1) is 0 Å². The van der Waals surface area contributed by atoms with Crippen LogP contribution in [0, 0.1) is 0 Å². The van der Waals surface area contributed by atoms with E-state index in [0.717, 1.165) is 0 Å². The number of nitrogens with two attached hydrogens (primary N) is 1. The molecule has 11 heavy (non-hydrogen) atoms. The Morgan fingerprint density at radius 3 is 2.45 bits per heavy atom. The van der Waals surface area contributed by atoms with E-state index >= 15 is 0 Å². The summed E-state index contributed by atoms with van der Waals surface area (Å²) in [5.74, 6) is -0.926. The first-order valence-corrected chi connectivity index (χ1v) is 2.67. The summed E-state index contributed by atoms with van der Waals surface area (Å²) in [6, 6.07) is -1.15. The van der Waals surface area contributed by atoms with E-state index in [9.17, 15) is 9.59 Å². The topological polar surface area (TPSA) is 125 Å². The summed E-state index contributed by atoms with van der Waals surface area (Å²) in [7, 11) is 0. The lowest BCUT2D eigenvalue weighted by atomic mass is 10.2. The molecule has 0 spiro atoms. The van der Waals surface area contributed by atoms with E-state index in [1.54, 1.807) is 0 Å². The predicted molar refractivity (Wildman–Crippen MR) is 36.8 cm³/mol. The molecule has 2 atom stereocenters. The van der Waals surface area contributed by atoms with Crippen LogP contribution in [0.2, 0.25) is 0 Å². The molecule has 66 valence electrons. The summed E-state index contributed by atoms with van der Waals surface area (Å²) >= 11 is 0. The second kappa shape index (κ2) is 5.78. The van der Waals surface area contributed by atoms with Gasteiger partial charge in [0.15, 0.2) is 0 Å². The minimum Gasteiger partial charge on any atom is -0.394 e. The molecule has 0 aromatic carbocycles. The molecule has 0 radical (unpaired) electrons. The summed E-state index contributed by atoms with van der Waals surface area (Å²) in [6.07, 6.45) is -1.01. The van der Waals surface area contributed by atoms with Crippen molar-refractivity contribution in [1.29, 1.82) is 0 Å². The van der Waals surface area contributed by atoms with Crippen LogP contribution in [0.15, 0.2) is 0 Å². The van der Waals surface area contributed by atoms with Gasteiger partial charge in [-0.25, -0.2) is 4.79 Å². The highest BCUT2D eigenvalue weighted by Gasteiger charge is 2.19. The van der Waals surface area contributed by atoms with Crippen LogP contribution in [0.5, 0.6) is 0 Å². The van der Waals surface area contributed by atoms with Gasteiger partial charge in [-0.3, -0.25) is 4.79 Å². The zero-order chi connectivity index (χ0) is 8.15. The number of aliphatic hydroxyl groups excluding tert-OH is 1. The molecule has 6 nitrogen and oxygen atoms in total. The Kier molecular flexibility index (Phi) is 6.66. The van der Waals surface area contributed by atoms with E-state index in [2.05, 4.69) is 4.74 Å². The Morgan fingerprint density at radius 1 is 1.73 bits per heavy atom. The van der Waals surface area contributed by atoms with Crippen molar-refractivity contribution in [2.45, 2.75) is 19.1 Å². The molecule has 0 aliphatic carbocycles. The molecule has 0 rings (SSSR count). The number of carbonyl (C=O) groups is 2. The highest BCUT2D eigenvalue weighted by atomic mass is 16.6. The standard InChI is InChI=1S/C5H9NO4.H3N/c1-3(8)4(6)5(9)10-2-7;/h2-4,8H,6H2,1H3;1H3/t3-,4+;/m1./s1. The van der Waals surface area contributed by atoms with E-state index in [1.165, 1.54) is 6.92 Å². The number of hydrogen-bond acceptors (Lipinski definition) is 6. The number of carbonyl (C=O) groups excluding carboxylic acids is 2. The first-order valence-electron chi connectivity index (χ1n) is 2.67. The van der Waals surface area contributed by atoms with Gasteiger partial charge in [-0.1, -0.05) is 0 Å². The maximum atomic E-state index is 10.4. The van der Waals surface area contributed by atoms with Crippen LogP contribution in [0.4, 0.5) is 0 Å². The fourth-order valence-electron chi connectivity index (χ4n) is 0.323. The first kappa shape index (κ1) is 12.7. The minimum atomic E-state index is -1.15. The molecule has 0 aliphatic rings. The van der Waals surface area contributed by atoms with Gasteiger partial charge < -0.3 is 21.7 Å². The van der Waals surface area contributed by atoms with E-state index in [4.69, 9.17) is 10.8 Å². The summed E-state index contributed by atoms with van der Waals surface area (Å²) in [6.45, 7) is 1.31. The van der Waals surface area contributed by atoms with Crippen LogP contribution >= 0.6 is 0 Å². The molecule has 0 aromatic heterocycles. The summed E-state index contributed by atoms with van der Waals surface area (Å²) in [5, 5.41) is 8.68. The number of aliphatic hydroxyl groups is 1.